The molecule has 34 heavy (non-hydrogen) atoms. The van der Waals surface area contributed by atoms with Crippen LogP contribution >= 0.6 is 11.6 Å². The number of fused-ring (bicyclic) bond motifs is 1. The summed E-state index contributed by atoms with van der Waals surface area (Å²) in [6.45, 7) is 3.61. The van der Waals surface area contributed by atoms with Gasteiger partial charge in [-0.05, 0) is 42.7 Å². The van der Waals surface area contributed by atoms with Gasteiger partial charge in [-0.3, -0.25) is 24.6 Å². The maximum absolute atomic E-state index is 12.9. The molecule has 2 heterocycles. The van der Waals surface area contributed by atoms with Crippen molar-refractivity contribution in [3.8, 4) is 0 Å². The molecule has 2 atom stereocenters. The van der Waals surface area contributed by atoms with E-state index in [0.717, 1.165) is 24.5 Å². The molecule has 9 heteroatoms. The van der Waals surface area contributed by atoms with Gasteiger partial charge >= 0.3 is 0 Å². The van der Waals surface area contributed by atoms with Gasteiger partial charge in [-0.15, -0.1) is 0 Å². The van der Waals surface area contributed by atoms with Crippen molar-refractivity contribution < 1.29 is 14.5 Å². The van der Waals surface area contributed by atoms with E-state index in [1.807, 2.05) is 41.3 Å². The number of benzene rings is 2. The molecule has 0 spiro atoms. The van der Waals surface area contributed by atoms with Crippen LogP contribution in [0.15, 0.2) is 54.6 Å². The van der Waals surface area contributed by atoms with E-state index >= 15 is 0 Å². The highest BCUT2D eigenvalue weighted by molar-refractivity contribution is 6.30. The van der Waals surface area contributed by atoms with Crippen molar-refractivity contribution in [3.63, 3.8) is 0 Å². The minimum absolute atomic E-state index is 0.0859. The predicted octanol–water partition coefficient (Wildman–Crippen LogP) is 4.03. The number of carbonyl (C=O) groups excluding carboxylic acids is 2. The Morgan fingerprint density at radius 2 is 1.53 bits per heavy atom. The Labute approximate surface area is 202 Å². The highest BCUT2D eigenvalue weighted by Crippen LogP contribution is 2.40. The minimum atomic E-state index is -0.432. The topological polar surface area (TPSA) is 87.0 Å². The summed E-state index contributed by atoms with van der Waals surface area (Å²) in [7, 11) is 0. The number of imide groups is 1. The number of nitrogens with zero attached hydrogens (tertiary/aromatic N) is 4. The van der Waals surface area contributed by atoms with E-state index in [0.29, 0.717) is 36.6 Å². The van der Waals surface area contributed by atoms with Crippen molar-refractivity contribution in [2.45, 2.75) is 19.4 Å². The van der Waals surface area contributed by atoms with Gasteiger partial charge in [-0.2, -0.15) is 0 Å². The molecule has 1 aliphatic carbocycles. The fourth-order valence-electron chi connectivity index (χ4n) is 5.11. The molecule has 2 aromatic rings. The molecule has 8 nitrogen and oxygen atoms in total. The zero-order chi connectivity index (χ0) is 23.8. The van der Waals surface area contributed by atoms with Gasteiger partial charge in [-0.1, -0.05) is 35.9 Å². The number of rotatable bonds is 5. The van der Waals surface area contributed by atoms with Gasteiger partial charge in [0.1, 0.15) is 5.69 Å². The van der Waals surface area contributed by atoms with E-state index < -0.39 is 4.92 Å². The van der Waals surface area contributed by atoms with Gasteiger partial charge in [-0.25, -0.2) is 4.90 Å². The van der Waals surface area contributed by atoms with Crippen LogP contribution in [0.1, 0.15) is 18.4 Å². The maximum atomic E-state index is 12.9. The van der Waals surface area contributed by atoms with Crippen molar-refractivity contribution >= 4 is 40.5 Å². The SMILES string of the molecule is O=C1[C@H]2CC=CC[C@@H]2C(=O)N1c1ccc(N2CCN(Cc3ccc(Cl)cc3)CC2)c([N+](=O)[O-])c1. The standard InChI is InChI=1S/C25H25ClN4O4/c26-18-7-5-17(6-8-18)16-27-11-13-28(14-12-27)22-10-9-19(15-23(22)30(33)34)29-24(31)20-3-1-2-4-21(20)25(29)32/h1-2,5-10,15,20-21H,3-4,11-14,16H2/t20-,21-/m0/s1. The molecule has 3 aliphatic rings. The first kappa shape index (κ1) is 22.6. The Balaban J connectivity index is 1.31. The molecule has 5 rings (SSSR count). The smallest absolute Gasteiger partial charge is 0.294 e. The number of hydrogen-bond donors (Lipinski definition) is 0. The Bertz CT molecular complexity index is 1130. The van der Waals surface area contributed by atoms with Gasteiger partial charge in [0.05, 0.1) is 22.4 Å². The summed E-state index contributed by atoms with van der Waals surface area (Å²) in [6.07, 6.45) is 4.92. The van der Waals surface area contributed by atoms with E-state index in [-0.39, 0.29) is 35.0 Å². The van der Waals surface area contributed by atoms with Crippen molar-refractivity contribution in [1.82, 2.24) is 4.90 Å². The van der Waals surface area contributed by atoms with Crippen LogP contribution in [0.2, 0.25) is 5.02 Å². The zero-order valence-corrected chi connectivity index (χ0v) is 19.4. The lowest BCUT2D eigenvalue weighted by Crippen LogP contribution is -2.46. The molecule has 2 aliphatic heterocycles. The molecule has 176 valence electrons. The van der Waals surface area contributed by atoms with E-state index in [1.165, 1.54) is 11.6 Å². The van der Waals surface area contributed by atoms with Crippen LogP contribution in [0.3, 0.4) is 0 Å². The second-order valence-electron chi connectivity index (χ2n) is 8.99. The number of carbonyl (C=O) groups is 2. The van der Waals surface area contributed by atoms with Crippen LogP contribution in [-0.2, 0) is 16.1 Å². The van der Waals surface area contributed by atoms with E-state index in [4.69, 9.17) is 11.6 Å². The number of nitro groups is 1. The molecule has 2 amide bonds. The lowest BCUT2D eigenvalue weighted by atomic mass is 9.85. The second-order valence-corrected chi connectivity index (χ2v) is 9.42. The number of hydrogen-bond acceptors (Lipinski definition) is 6. The van der Waals surface area contributed by atoms with Crippen molar-refractivity contribution in [3.05, 3.63) is 75.3 Å². The van der Waals surface area contributed by atoms with Gasteiger partial charge in [0.25, 0.3) is 5.69 Å². The Kier molecular flexibility index (Phi) is 6.10. The molecule has 2 fully saturated rings. The number of amides is 2. The fraction of sp³-hybridized carbons (Fsp3) is 0.360. The Hall–Kier alpha value is -3.23. The first-order valence-electron chi connectivity index (χ1n) is 11.5. The average Bonchev–Trinajstić information content (AvgIpc) is 3.11. The predicted molar refractivity (Wildman–Crippen MR) is 130 cm³/mol. The monoisotopic (exact) mass is 480 g/mol. The summed E-state index contributed by atoms with van der Waals surface area (Å²) in [5.41, 5.74) is 1.88. The summed E-state index contributed by atoms with van der Waals surface area (Å²) >= 11 is 5.96. The van der Waals surface area contributed by atoms with Crippen LogP contribution in [0.25, 0.3) is 0 Å². The molecule has 2 aromatic carbocycles. The van der Waals surface area contributed by atoms with Gasteiger partial charge in [0, 0.05) is 43.8 Å². The molecular formula is C25H25ClN4O4. The summed E-state index contributed by atoms with van der Waals surface area (Å²) in [6, 6.07) is 12.5. The summed E-state index contributed by atoms with van der Waals surface area (Å²) in [5, 5.41) is 12.6. The van der Waals surface area contributed by atoms with E-state index in [9.17, 15) is 19.7 Å². The van der Waals surface area contributed by atoms with Crippen molar-refractivity contribution in [2.75, 3.05) is 36.0 Å². The van der Waals surface area contributed by atoms with Crippen LogP contribution in [0, 0.1) is 22.0 Å². The highest BCUT2D eigenvalue weighted by Gasteiger charge is 2.48. The highest BCUT2D eigenvalue weighted by atomic mass is 35.5. The minimum Gasteiger partial charge on any atom is -0.363 e. The number of allylic oxidation sites excluding steroid dienone is 2. The molecule has 0 aromatic heterocycles. The zero-order valence-electron chi connectivity index (χ0n) is 18.6. The number of halogens is 1. The van der Waals surface area contributed by atoms with Crippen molar-refractivity contribution in [1.29, 1.82) is 0 Å². The van der Waals surface area contributed by atoms with Crippen LogP contribution in [0.4, 0.5) is 17.1 Å². The first-order chi connectivity index (χ1) is 16.4. The van der Waals surface area contributed by atoms with Crippen LogP contribution in [-0.4, -0.2) is 47.8 Å². The van der Waals surface area contributed by atoms with E-state index in [1.54, 1.807) is 12.1 Å². The molecule has 0 unspecified atom stereocenters. The largest absolute Gasteiger partial charge is 0.363 e. The number of nitro benzene ring substituents is 1. The Morgan fingerprint density at radius 1 is 0.912 bits per heavy atom. The molecular weight excluding hydrogens is 456 g/mol. The summed E-state index contributed by atoms with van der Waals surface area (Å²) < 4.78 is 0. The average molecular weight is 481 g/mol. The van der Waals surface area contributed by atoms with Crippen LogP contribution in [0.5, 0.6) is 0 Å². The second kappa shape index (κ2) is 9.19. The van der Waals surface area contributed by atoms with Gasteiger partial charge in [0.15, 0.2) is 0 Å². The normalized spacial score (nSPS) is 22.9. The van der Waals surface area contributed by atoms with E-state index in [2.05, 4.69) is 4.90 Å². The van der Waals surface area contributed by atoms with Crippen LogP contribution < -0.4 is 9.80 Å². The Morgan fingerprint density at radius 3 is 2.12 bits per heavy atom. The summed E-state index contributed by atoms with van der Waals surface area (Å²) in [5.74, 6) is -1.27. The third-order valence-electron chi connectivity index (χ3n) is 6.95. The lowest BCUT2D eigenvalue weighted by molar-refractivity contribution is -0.384. The third kappa shape index (κ3) is 4.19. The quantitative estimate of drug-likeness (QED) is 0.278. The molecule has 0 saturated carbocycles. The lowest BCUT2D eigenvalue weighted by Gasteiger charge is -2.36. The van der Waals surface area contributed by atoms with Gasteiger partial charge in [0.2, 0.25) is 11.8 Å². The number of piperazine rings is 1. The molecule has 0 radical (unpaired) electrons. The third-order valence-corrected chi connectivity index (χ3v) is 7.21. The first-order valence-corrected chi connectivity index (χ1v) is 11.8. The fourth-order valence-corrected chi connectivity index (χ4v) is 5.24. The summed E-state index contributed by atoms with van der Waals surface area (Å²) in [4.78, 5) is 42.8. The molecule has 0 N–H and O–H groups in total. The molecule has 2 saturated heterocycles. The van der Waals surface area contributed by atoms with Gasteiger partial charge < -0.3 is 4.90 Å². The number of anilines is 2. The molecule has 0 bridgehead atoms. The van der Waals surface area contributed by atoms with Crippen molar-refractivity contribution in [2.24, 2.45) is 11.8 Å². The maximum Gasteiger partial charge on any atom is 0.294 e.